The van der Waals surface area contributed by atoms with Gasteiger partial charge in [0.05, 0.1) is 6.42 Å². The van der Waals surface area contributed by atoms with Gasteiger partial charge in [0.1, 0.15) is 0 Å². The molecule has 2 nitrogen and oxygen atoms in total. The lowest BCUT2D eigenvalue weighted by Gasteiger charge is -2.17. The van der Waals surface area contributed by atoms with Crippen LogP contribution in [0.4, 0.5) is 0 Å². The largest absolute Gasteiger partial charge is 0.481 e. The predicted octanol–water partition coefficient (Wildman–Crippen LogP) is 4.10. The third kappa shape index (κ3) is 3.70. The zero-order valence-corrected chi connectivity index (χ0v) is 12.0. The first-order chi connectivity index (χ1) is 9.56. The highest BCUT2D eigenvalue weighted by Crippen LogP contribution is 2.26. The number of carbonyl (C=O) groups is 1. The van der Waals surface area contributed by atoms with Crippen molar-refractivity contribution in [2.24, 2.45) is 0 Å². The molecule has 1 N–H and O–H groups in total. The molecule has 0 heterocycles. The number of benzene rings is 2. The van der Waals surface area contributed by atoms with Gasteiger partial charge in [-0.3, -0.25) is 4.79 Å². The maximum atomic E-state index is 11.1. The van der Waals surface area contributed by atoms with Crippen molar-refractivity contribution in [2.75, 3.05) is 0 Å². The van der Waals surface area contributed by atoms with E-state index in [4.69, 9.17) is 5.11 Å². The predicted molar refractivity (Wildman–Crippen MR) is 81.1 cm³/mol. The molecule has 0 spiro atoms. The van der Waals surface area contributed by atoms with Crippen molar-refractivity contribution in [3.8, 4) is 0 Å². The van der Waals surface area contributed by atoms with E-state index in [-0.39, 0.29) is 12.3 Å². The highest BCUT2D eigenvalue weighted by molar-refractivity contribution is 5.68. The number of hydrogen-bond donors (Lipinski definition) is 1. The van der Waals surface area contributed by atoms with Gasteiger partial charge in [-0.15, -0.1) is 0 Å². The Morgan fingerprint density at radius 1 is 1.10 bits per heavy atom. The summed E-state index contributed by atoms with van der Waals surface area (Å²) >= 11 is 0. The quantitative estimate of drug-likeness (QED) is 0.886. The topological polar surface area (TPSA) is 37.3 Å². The summed E-state index contributed by atoms with van der Waals surface area (Å²) in [4.78, 5) is 11.1. The summed E-state index contributed by atoms with van der Waals surface area (Å²) < 4.78 is 0. The second-order valence-corrected chi connectivity index (χ2v) is 5.34. The van der Waals surface area contributed by atoms with Gasteiger partial charge in [-0.2, -0.15) is 0 Å². The minimum Gasteiger partial charge on any atom is -0.481 e. The van der Waals surface area contributed by atoms with Crippen LogP contribution in [-0.2, 0) is 11.2 Å². The van der Waals surface area contributed by atoms with Gasteiger partial charge in [0.25, 0.3) is 0 Å². The Hall–Kier alpha value is -2.09. The normalized spacial score (nSPS) is 12.1. The molecule has 0 aliphatic carbocycles. The first-order valence-corrected chi connectivity index (χ1v) is 6.89. The molecular formula is C18H20O2. The van der Waals surface area contributed by atoms with E-state index >= 15 is 0 Å². The summed E-state index contributed by atoms with van der Waals surface area (Å²) in [5.41, 5.74) is 4.77. The first kappa shape index (κ1) is 14.3. The van der Waals surface area contributed by atoms with Gasteiger partial charge in [0.15, 0.2) is 0 Å². The van der Waals surface area contributed by atoms with Crippen LogP contribution in [0.2, 0.25) is 0 Å². The highest BCUT2D eigenvalue weighted by Gasteiger charge is 2.17. The molecule has 2 aromatic carbocycles. The van der Waals surface area contributed by atoms with E-state index in [0.717, 1.165) is 12.0 Å². The fourth-order valence-corrected chi connectivity index (χ4v) is 2.53. The molecule has 2 aromatic rings. The molecule has 1 unspecified atom stereocenters. The van der Waals surface area contributed by atoms with Gasteiger partial charge in [0.2, 0.25) is 0 Å². The second-order valence-electron chi connectivity index (χ2n) is 5.34. The second kappa shape index (κ2) is 6.38. The molecule has 0 radical (unpaired) electrons. The van der Waals surface area contributed by atoms with Crippen molar-refractivity contribution in [1.29, 1.82) is 0 Å². The number of carboxylic acids is 1. The minimum atomic E-state index is -0.746. The fraction of sp³-hybridized carbons (Fsp3) is 0.278. The molecule has 0 fully saturated rings. The van der Waals surface area contributed by atoms with Crippen LogP contribution in [0.1, 0.15) is 34.6 Å². The Kier molecular flexibility index (Phi) is 4.57. The molecule has 104 valence electrons. The van der Waals surface area contributed by atoms with Crippen LogP contribution < -0.4 is 0 Å². The summed E-state index contributed by atoms with van der Waals surface area (Å²) in [6.07, 6.45) is 0.932. The Morgan fingerprint density at radius 3 is 2.45 bits per heavy atom. The lowest BCUT2D eigenvalue weighted by Crippen LogP contribution is -2.10. The fourth-order valence-electron chi connectivity index (χ4n) is 2.53. The van der Waals surface area contributed by atoms with Crippen LogP contribution in [0, 0.1) is 13.8 Å². The number of aliphatic carboxylic acids is 1. The van der Waals surface area contributed by atoms with Gasteiger partial charge in [-0.1, -0.05) is 54.1 Å². The van der Waals surface area contributed by atoms with Crippen LogP contribution in [0.25, 0.3) is 0 Å². The van der Waals surface area contributed by atoms with Crippen LogP contribution in [0.15, 0.2) is 48.5 Å². The SMILES string of the molecule is Cc1ccc(C)c(CC(CC(=O)O)c2ccccc2)c1. The van der Waals surface area contributed by atoms with E-state index < -0.39 is 5.97 Å². The lowest BCUT2D eigenvalue weighted by atomic mass is 9.87. The van der Waals surface area contributed by atoms with Crippen molar-refractivity contribution < 1.29 is 9.90 Å². The van der Waals surface area contributed by atoms with Crippen molar-refractivity contribution in [3.63, 3.8) is 0 Å². The summed E-state index contributed by atoms with van der Waals surface area (Å²) in [7, 11) is 0. The molecule has 0 saturated heterocycles. The van der Waals surface area contributed by atoms with E-state index in [1.54, 1.807) is 0 Å². The van der Waals surface area contributed by atoms with Crippen molar-refractivity contribution in [3.05, 3.63) is 70.8 Å². The number of aryl methyl sites for hydroxylation is 2. The Labute approximate surface area is 120 Å². The van der Waals surface area contributed by atoms with Gasteiger partial charge >= 0.3 is 5.97 Å². The summed E-state index contributed by atoms with van der Waals surface area (Å²) in [5, 5.41) is 9.15. The average Bonchev–Trinajstić information content (AvgIpc) is 2.42. The molecule has 0 aliphatic heterocycles. The van der Waals surface area contributed by atoms with Crippen LogP contribution in [0.3, 0.4) is 0 Å². The van der Waals surface area contributed by atoms with Crippen LogP contribution in [0.5, 0.6) is 0 Å². The first-order valence-electron chi connectivity index (χ1n) is 6.89. The summed E-state index contributed by atoms with van der Waals surface area (Å²) in [6.45, 7) is 4.15. The number of rotatable bonds is 5. The third-order valence-electron chi connectivity index (χ3n) is 3.66. The van der Waals surface area contributed by atoms with E-state index in [2.05, 4.69) is 32.0 Å². The lowest BCUT2D eigenvalue weighted by molar-refractivity contribution is -0.137. The molecule has 0 bridgehead atoms. The number of carboxylic acid groups (broad SMARTS) is 1. The van der Waals surface area contributed by atoms with Crippen LogP contribution >= 0.6 is 0 Å². The molecule has 20 heavy (non-hydrogen) atoms. The van der Waals surface area contributed by atoms with E-state index in [9.17, 15) is 4.79 Å². The highest BCUT2D eigenvalue weighted by atomic mass is 16.4. The van der Waals surface area contributed by atoms with Gasteiger partial charge in [-0.25, -0.2) is 0 Å². The maximum Gasteiger partial charge on any atom is 0.303 e. The summed E-state index contributed by atoms with van der Waals surface area (Å²) in [5.74, 6) is -0.724. The van der Waals surface area contributed by atoms with Crippen LogP contribution in [-0.4, -0.2) is 11.1 Å². The average molecular weight is 268 g/mol. The molecule has 0 saturated carbocycles. The van der Waals surface area contributed by atoms with E-state index in [0.29, 0.717) is 0 Å². The Morgan fingerprint density at radius 2 is 1.80 bits per heavy atom. The van der Waals surface area contributed by atoms with Crippen molar-refractivity contribution >= 4 is 5.97 Å². The maximum absolute atomic E-state index is 11.1. The van der Waals surface area contributed by atoms with Crippen molar-refractivity contribution in [2.45, 2.75) is 32.6 Å². The van der Waals surface area contributed by atoms with Crippen molar-refractivity contribution in [1.82, 2.24) is 0 Å². The molecule has 0 amide bonds. The van der Waals surface area contributed by atoms with Gasteiger partial charge in [0, 0.05) is 0 Å². The summed E-state index contributed by atoms with van der Waals surface area (Å²) in [6, 6.07) is 16.3. The molecule has 0 aliphatic rings. The molecule has 1 atom stereocenters. The van der Waals surface area contributed by atoms with Gasteiger partial charge in [-0.05, 0) is 42.9 Å². The Balaban J connectivity index is 2.28. The zero-order chi connectivity index (χ0) is 14.5. The monoisotopic (exact) mass is 268 g/mol. The molecule has 2 heteroatoms. The van der Waals surface area contributed by atoms with Gasteiger partial charge < -0.3 is 5.11 Å². The standard InChI is InChI=1S/C18H20O2/c1-13-8-9-14(2)16(10-13)11-17(12-18(19)20)15-6-4-3-5-7-15/h3-10,17H,11-12H2,1-2H3,(H,19,20). The molecular weight excluding hydrogens is 248 g/mol. The minimum absolute atomic E-state index is 0.0224. The molecule has 0 aromatic heterocycles. The number of hydrogen-bond acceptors (Lipinski definition) is 1. The van der Waals surface area contributed by atoms with E-state index in [1.807, 2.05) is 30.3 Å². The smallest absolute Gasteiger partial charge is 0.303 e. The Bertz CT molecular complexity index is 588. The third-order valence-corrected chi connectivity index (χ3v) is 3.66. The van der Waals surface area contributed by atoms with E-state index in [1.165, 1.54) is 16.7 Å². The molecule has 2 rings (SSSR count). The zero-order valence-electron chi connectivity index (χ0n) is 12.0.